The molecule has 0 saturated carbocycles. The fraction of sp³-hybridized carbons (Fsp3) is 0.0455. The molecule has 1 amide bonds. The third kappa shape index (κ3) is 4.66. The molecular weight excluding hydrogens is 470 g/mol. The van der Waals surface area contributed by atoms with Gasteiger partial charge in [-0.3, -0.25) is 19.8 Å². The smallest absolute Gasteiger partial charge is 0.337 e. The van der Waals surface area contributed by atoms with Crippen molar-refractivity contribution in [2.24, 2.45) is 4.99 Å². The molecule has 1 saturated heterocycles. The zero-order chi connectivity index (χ0) is 23.7. The van der Waals surface area contributed by atoms with Crippen molar-refractivity contribution in [2.75, 3.05) is 7.05 Å². The predicted octanol–water partition coefficient (Wildman–Crippen LogP) is 5.44. The molecule has 9 nitrogen and oxygen atoms in total. The number of amidine groups is 1. The van der Waals surface area contributed by atoms with E-state index in [1.165, 1.54) is 29.2 Å². The first-order chi connectivity index (χ1) is 15.7. The van der Waals surface area contributed by atoms with Crippen LogP contribution in [0.5, 0.6) is 0 Å². The van der Waals surface area contributed by atoms with Gasteiger partial charge in [0.2, 0.25) is 0 Å². The number of halogens is 1. The van der Waals surface area contributed by atoms with Crippen molar-refractivity contribution >= 4 is 57.9 Å². The van der Waals surface area contributed by atoms with Gasteiger partial charge in [-0.25, -0.2) is 9.79 Å². The highest BCUT2D eigenvalue weighted by Crippen LogP contribution is 2.35. The zero-order valence-electron chi connectivity index (χ0n) is 16.9. The summed E-state index contributed by atoms with van der Waals surface area (Å²) in [4.78, 5) is 40.4. The van der Waals surface area contributed by atoms with E-state index in [4.69, 9.17) is 16.0 Å². The molecule has 1 aromatic heterocycles. The Bertz CT molecular complexity index is 1350. The minimum absolute atomic E-state index is 0.0217. The van der Waals surface area contributed by atoms with Crippen molar-refractivity contribution in [3.05, 3.63) is 86.0 Å². The maximum Gasteiger partial charge on any atom is 0.337 e. The number of hydrogen-bond acceptors (Lipinski definition) is 7. The van der Waals surface area contributed by atoms with Crippen LogP contribution < -0.4 is 0 Å². The zero-order valence-corrected chi connectivity index (χ0v) is 18.5. The molecule has 0 unspecified atom stereocenters. The van der Waals surface area contributed by atoms with Gasteiger partial charge < -0.3 is 9.52 Å². The number of nitro benzene ring substituents is 1. The lowest BCUT2D eigenvalue weighted by Crippen LogP contribution is -2.23. The lowest BCUT2D eigenvalue weighted by atomic mass is 10.1. The van der Waals surface area contributed by atoms with Crippen LogP contribution >= 0.6 is 23.4 Å². The number of carboxylic acids is 1. The number of hydrogen-bond donors (Lipinski definition) is 1. The summed E-state index contributed by atoms with van der Waals surface area (Å²) in [5.41, 5.74) is 0.901. The monoisotopic (exact) mass is 483 g/mol. The lowest BCUT2D eigenvalue weighted by Gasteiger charge is -2.07. The summed E-state index contributed by atoms with van der Waals surface area (Å²) in [7, 11) is 1.56. The van der Waals surface area contributed by atoms with Crippen LogP contribution in [0, 0.1) is 10.1 Å². The van der Waals surface area contributed by atoms with Gasteiger partial charge in [-0.05, 0) is 54.2 Å². The number of furan rings is 1. The van der Waals surface area contributed by atoms with Gasteiger partial charge in [0.25, 0.3) is 11.6 Å². The number of likely N-dealkylation sites (N-methyl/N-ethyl adjacent to an activating group) is 1. The summed E-state index contributed by atoms with van der Waals surface area (Å²) < 4.78 is 5.77. The second kappa shape index (κ2) is 8.93. The lowest BCUT2D eigenvalue weighted by molar-refractivity contribution is -0.384. The highest BCUT2D eigenvalue weighted by Gasteiger charge is 2.31. The number of thioether (sulfide) groups is 1. The van der Waals surface area contributed by atoms with Crippen LogP contribution in [0.15, 0.2) is 68.9 Å². The van der Waals surface area contributed by atoms with Crippen molar-refractivity contribution < 1.29 is 24.0 Å². The van der Waals surface area contributed by atoms with Gasteiger partial charge in [-0.2, -0.15) is 0 Å². The molecule has 0 spiro atoms. The van der Waals surface area contributed by atoms with Crippen LogP contribution in [0.4, 0.5) is 11.4 Å². The Morgan fingerprint density at radius 2 is 1.94 bits per heavy atom. The first kappa shape index (κ1) is 22.3. The topological polar surface area (TPSA) is 126 Å². The number of amides is 1. The average Bonchev–Trinajstić information content (AvgIpc) is 3.36. The normalized spacial score (nSPS) is 16.1. The van der Waals surface area contributed by atoms with Crippen LogP contribution in [0.2, 0.25) is 5.02 Å². The summed E-state index contributed by atoms with van der Waals surface area (Å²) in [6, 6.07) is 13.7. The molecule has 166 valence electrons. The van der Waals surface area contributed by atoms with Gasteiger partial charge in [-0.15, -0.1) is 0 Å². The Labute approximate surface area is 196 Å². The van der Waals surface area contributed by atoms with Crippen LogP contribution in [0.3, 0.4) is 0 Å². The largest absolute Gasteiger partial charge is 0.478 e. The SMILES string of the molecule is CN1C(=O)/C(=C/c2ccc(-c3ccc([N+](=O)[O-])cc3)o2)SC1=Nc1ccc(Cl)c(C(=O)O)c1. The van der Waals surface area contributed by atoms with E-state index in [0.29, 0.717) is 32.8 Å². The van der Waals surface area contributed by atoms with E-state index in [1.54, 1.807) is 43.5 Å². The first-order valence-corrected chi connectivity index (χ1v) is 10.6. The van der Waals surface area contributed by atoms with E-state index in [1.807, 2.05) is 0 Å². The molecule has 4 rings (SSSR count). The third-order valence-electron chi connectivity index (χ3n) is 4.67. The molecule has 3 aromatic rings. The number of nitrogens with zero attached hydrogens (tertiary/aromatic N) is 3. The Kier molecular flexibility index (Phi) is 6.03. The maximum atomic E-state index is 12.7. The summed E-state index contributed by atoms with van der Waals surface area (Å²) >= 11 is 7.01. The van der Waals surface area contributed by atoms with Gasteiger partial charge in [0.1, 0.15) is 11.5 Å². The van der Waals surface area contributed by atoms with Crippen molar-refractivity contribution in [1.29, 1.82) is 0 Å². The molecule has 0 radical (unpaired) electrons. The number of rotatable bonds is 5. The molecular formula is C22H14ClN3O6S. The van der Waals surface area contributed by atoms with Crippen molar-refractivity contribution in [3.8, 4) is 11.3 Å². The number of non-ortho nitro benzene ring substituents is 1. The van der Waals surface area contributed by atoms with Gasteiger partial charge >= 0.3 is 5.97 Å². The van der Waals surface area contributed by atoms with Gasteiger partial charge in [-0.1, -0.05) is 11.6 Å². The van der Waals surface area contributed by atoms with Crippen LogP contribution in [-0.4, -0.2) is 39.0 Å². The molecule has 1 N–H and O–H groups in total. The van der Waals surface area contributed by atoms with Gasteiger partial charge in [0, 0.05) is 30.8 Å². The van der Waals surface area contributed by atoms with E-state index in [9.17, 15) is 24.8 Å². The summed E-state index contributed by atoms with van der Waals surface area (Å²) in [5.74, 6) is -0.544. The number of carboxylic acid groups (broad SMARTS) is 1. The molecule has 2 aromatic carbocycles. The fourth-order valence-electron chi connectivity index (χ4n) is 2.97. The highest BCUT2D eigenvalue weighted by molar-refractivity contribution is 8.18. The van der Waals surface area contributed by atoms with Crippen molar-refractivity contribution in [1.82, 2.24) is 4.90 Å². The molecule has 1 fully saturated rings. The highest BCUT2D eigenvalue weighted by atomic mass is 35.5. The van der Waals surface area contributed by atoms with E-state index in [0.717, 1.165) is 11.8 Å². The Hall–Kier alpha value is -3.89. The Morgan fingerprint density at radius 1 is 1.21 bits per heavy atom. The predicted molar refractivity (Wildman–Crippen MR) is 125 cm³/mol. The maximum absolute atomic E-state index is 12.7. The van der Waals surface area contributed by atoms with E-state index < -0.39 is 10.9 Å². The molecule has 1 aliphatic rings. The van der Waals surface area contributed by atoms with Crippen LogP contribution in [0.1, 0.15) is 16.1 Å². The number of aromatic carboxylic acids is 1. The number of aliphatic imine (C=N–C) groups is 1. The second-order valence-electron chi connectivity index (χ2n) is 6.84. The molecule has 33 heavy (non-hydrogen) atoms. The number of benzene rings is 2. The second-order valence-corrected chi connectivity index (χ2v) is 8.26. The number of carbonyl (C=O) groups is 2. The van der Waals surface area contributed by atoms with Gasteiger partial charge in [0.15, 0.2) is 5.17 Å². The van der Waals surface area contributed by atoms with Crippen molar-refractivity contribution in [3.63, 3.8) is 0 Å². The quantitative estimate of drug-likeness (QED) is 0.291. The van der Waals surface area contributed by atoms with E-state index in [2.05, 4.69) is 4.99 Å². The van der Waals surface area contributed by atoms with E-state index in [-0.39, 0.29) is 22.2 Å². The molecule has 0 bridgehead atoms. The third-order valence-corrected chi connectivity index (χ3v) is 6.06. The fourth-order valence-corrected chi connectivity index (χ4v) is 4.14. The average molecular weight is 484 g/mol. The first-order valence-electron chi connectivity index (χ1n) is 9.37. The summed E-state index contributed by atoms with van der Waals surface area (Å²) in [6.45, 7) is 0. The molecule has 0 atom stereocenters. The summed E-state index contributed by atoms with van der Waals surface area (Å²) in [6.07, 6.45) is 1.57. The van der Waals surface area contributed by atoms with Crippen LogP contribution in [-0.2, 0) is 4.79 Å². The molecule has 2 heterocycles. The molecule has 11 heteroatoms. The number of carbonyl (C=O) groups excluding carboxylic acids is 1. The minimum Gasteiger partial charge on any atom is -0.478 e. The Balaban J connectivity index is 1.57. The molecule has 0 aliphatic carbocycles. The Morgan fingerprint density at radius 3 is 2.61 bits per heavy atom. The number of nitro groups is 1. The summed E-state index contributed by atoms with van der Waals surface area (Å²) in [5, 5.41) is 20.5. The van der Waals surface area contributed by atoms with E-state index >= 15 is 0 Å². The van der Waals surface area contributed by atoms with Gasteiger partial charge in [0.05, 0.1) is 26.1 Å². The molecule has 1 aliphatic heterocycles. The van der Waals surface area contributed by atoms with Crippen molar-refractivity contribution in [2.45, 2.75) is 0 Å². The van der Waals surface area contributed by atoms with Crippen LogP contribution in [0.25, 0.3) is 17.4 Å². The standard InChI is InChI=1S/C22H14ClN3O6S/c1-25-20(27)19(33-22(25)24-13-4-8-17(23)16(10-13)21(28)29)11-15-7-9-18(32-15)12-2-5-14(6-3-12)26(30)31/h2-11H,1H3,(H,28,29)/b19-11-,24-22?. The minimum atomic E-state index is -1.17.